The van der Waals surface area contributed by atoms with Gasteiger partial charge in [-0.05, 0) is 25.0 Å². The molecule has 0 radical (unpaired) electrons. The predicted molar refractivity (Wildman–Crippen MR) is 69.7 cm³/mol. The number of alkyl halides is 3. The van der Waals surface area contributed by atoms with Gasteiger partial charge in [0.15, 0.2) is 5.69 Å². The molecule has 2 aromatic heterocycles. The van der Waals surface area contributed by atoms with Crippen LogP contribution in [0, 0.1) is 0 Å². The third kappa shape index (κ3) is 2.55. The van der Waals surface area contributed by atoms with E-state index in [-0.39, 0.29) is 5.52 Å². The highest BCUT2D eigenvalue weighted by molar-refractivity contribution is 5.98. The zero-order valence-corrected chi connectivity index (χ0v) is 11.0. The molecule has 110 valence electrons. The first-order chi connectivity index (χ1) is 9.97. The monoisotopic (exact) mass is 295 g/mol. The minimum absolute atomic E-state index is 0.176. The fourth-order valence-electron chi connectivity index (χ4n) is 2.49. The number of halogens is 3. The van der Waals surface area contributed by atoms with Gasteiger partial charge in [0.1, 0.15) is 0 Å². The van der Waals surface area contributed by atoms with Crippen molar-refractivity contribution < 1.29 is 18.0 Å². The van der Waals surface area contributed by atoms with Gasteiger partial charge in [-0.25, -0.2) is 4.98 Å². The van der Waals surface area contributed by atoms with E-state index in [4.69, 9.17) is 0 Å². The Morgan fingerprint density at radius 1 is 1.24 bits per heavy atom. The van der Waals surface area contributed by atoms with Gasteiger partial charge < -0.3 is 4.90 Å². The van der Waals surface area contributed by atoms with E-state index in [1.54, 1.807) is 0 Å². The lowest BCUT2D eigenvalue weighted by atomic mass is 10.1. The number of rotatable bonds is 1. The molecule has 7 heteroatoms. The Hall–Kier alpha value is -2.18. The fourth-order valence-corrected chi connectivity index (χ4v) is 2.49. The van der Waals surface area contributed by atoms with Crippen molar-refractivity contribution in [1.29, 1.82) is 0 Å². The summed E-state index contributed by atoms with van der Waals surface area (Å²) in [5.41, 5.74) is -1.35. The highest BCUT2D eigenvalue weighted by atomic mass is 19.4. The highest BCUT2D eigenvalue weighted by Gasteiger charge is 2.38. The molecule has 1 saturated heterocycles. The van der Waals surface area contributed by atoms with Crippen molar-refractivity contribution in [2.45, 2.75) is 19.0 Å². The SMILES string of the molecule is O=C(c1cc2cnccc2nc1C(F)(F)F)N1CCCC1. The van der Waals surface area contributed by atoms with Gasteiger partial charge in [-0.3, -0.25) is 9.78 Å². The lowest BCUT2D eigenvalue weighted by molar-refractivity contribution is -0.141. The summed E-state index contributed by atoms with van der Waals surface area (Å²) in [6.45, 7) is 0.975. The maximum Gasteiger partial charge on any atom is 0.434 e. The van der Waals surface area contributed by atoms with Crippen LogP contribution >= 0.6 is 0 Å². The van der Waals surface area contributed by atoms with Gasteiger partial charge >= 0.3 is 6.18 Å². The number of pyridine rings is 2. The molecule has 0 aliphatic carbocycles. The van der Waals surface area contributed by atoms with E-state index >= 15 is 0 Å². The molecule has 0 bridgehead atoms. The second kappa shape index (κ2) is 4.98. The predicted octanol–water partition coefficient (Wildman–Crippen LogP) is 2.88. The zero-order valence-electron chi connectivity index (χ0n) is 11.0. The summed E-state index contributed by atoms with van der Waals surface area (Å²) >= 11 is 0. The topological polar surface area (TPSA) is 46.1 Å². The van der Waals surface area contributed by atoms with E-state index in [9.17, 15) is 18.0 Å². The second-order valence-corrected chi connectivity index (χ2v) is 4.95. The van der Waals surface area contributed by atoms with Gasteiger partial charge in [-0.1, -0.05) is 0 Å². The second-order valence-electron chi connectivity index (χ2n) is 4.95. The zero-order chi connectivity index (χ0) is 15.0. The van der Waals surface area contributed by atoms with Gasteiger partial charge in [0.25, 0.3) is 5.91 Å². The van der Waals surface area contributed by atoms with E-state index in [2.05, 4.69) is 9.97 Å². The average Bonchev–Trinajstić information content (AvgIpc) is 2.98. The molecule has 0 spiro atoms. The first-order valence-corrected chi connectivity index (χ1v) is 6.58. The fraction of sp³-hybridized carbons (Fsp3) is 0.357. The number of fused-ring (bicyclic) bond motifs is 1. The van der Waals surface area contributed by atoms with Crippen LogP contribution in [0.5, 0.6) is 0 Å². The Balaban J connectivity index is 2.16. The summed E-state index contributed by atoms with van der Waals surface area (Å²) < 4.78 is 39.5. The quantitative estimate of drug-likeness (QED) is 0.812. The summed E-state index contributed by atoms with van der Waals surface area (Å²) in [5.74, 6) is -0.613. The molecular formula is C14H12F3N3O. The van der Waals surface area contributed by atoms with Crippen LogP contribution in [0.4, 0.5) is 13.2 Å². The molecule has 4 nitrogen and oxygen atoms in total. The average molecular weight is 295 g/mol. The first kappa shape index (κ1) is 13.8. The maximum atomic E-state index is 13.2. The largest absolute Gasteiger partial charge is 0.434 e. The Morgan fingerprint density at radius 3 is 2.62 bits per heavy atom. The van der Waals surface area contributed by atoms with Crippen LogP contribution in [0.1, 0.15) is 28.9 Å². The third-order valence-corrected chi connectivity index (χ3v) is 3.51. The van der Waals surface area contributed by atoms with E-state index < -0.39 is 23.3 Å². The molecule has 1 fully saturated rings. The molecule has 1 aliphatic rings. The van der Waals surface area contributed by atoms with Crippen LogP contribution in [-0.2, 0) is 6.18 Å². The number of carbonyl (C=O) groups excluding carboxylic acids is 1. The smallest absolute Gasteiger partial charge is 0.339 e. The molecule has 0 saturated carbocycles. The molecule has 1 amide bonds. The number of likely N-dealkylation sites (tertiary alicyclic amines) is 1. The summed E-state index contributed by atoms with van der Waals surface area (Å²) in [4.78, 5) is 21.2. The molecule has 0 unspecified atom stereocenters. The van der Waals surface area contributed by atoms with Crippen molar-refractivity contribution in [3.8, 4) is 0 Å². The Bertz CT molecular complexity index is 693. The van der Waals surface area contributed by atoms with Crippen molar-refractivity contribution in [1.82, 2.24) is 14.9 Å². The summed E-state index contributed by atoms with van der Waals surface area (Å²) in [5, 5.41) is 0.424. The van der Waals surface area contributed by atoms with Crippen LogP contribution in [-0.4, -0.2) is 33.9 Å². The van der Waals surface area contributed by atoms with Gasteiger partial charge in [-0.2, -0.15) is 13.2 Å². The van der Waals surface area contributed by atoms with E-state index in [1.165, 1.54) is 29.4 Å². The van der Waals surface area contributed by atoms with Crippen molar-refractivity contribution in [3.63, 3.8) is 0 Å². The van der Waals surface area contributed by atoms with Crippen LogP contribution in [0.25, 0.3) is 10.9 Å². The third-order valence-electron chi connectivity index (χ3n) is 3.51. The van der Waals surface area contributed by atoms with Crippen molar-refractivity contribution >= 4 is 16.8 Å². The van der Waals surface area contributed by atoms with Gasteiger partial charge in [0.2, 0.25) is 0 Å². The number of amides is 1. The maximum absolute atomic E-state index is 13.2. The number of aromatic nitrogens is 2. The number of nitrogens with zero attached hydrogens (tertiary/aromatic N) is 3. The van der Waals surface area contributed by atoms with Crippen molar-refractivity contribution in [2.24, 2.45) is 0 Å². The molecular weight excluding hydrogens is 283 g/mol. The Morgan fingerprint density at radius 2 is 1.95 bits per heavy atom. The molecule has 0 aromatic carbocycles. The van der Waals surface area contributed by atoms with Crippen molar-refractivity contribution in [3.05, 3.63) is 35.8 Å². The number of hydrogen-bond acceptors (Lipinski definition) is 3. The lowest BCUT2D eigenvalue weighted by Crippen LogP contribution is -2.30. The van der Waals surface area contributed by atoms with Crippen LogP contribution in [0.3, 0.4) is 0 Å². The number of carbonyl (C=O) groups is 1. The van der Waals surface area contributed by atoms with Crippen LogP contribution < -0.4 is 0 Å². The highest BCUT2D eigenvalue weighted by Crippen LogP contribution is 2.33. The van der Waals surface area contributed by atoms with Crippen molar-refractivity contribution in [2.75, 3.05) is 13.1 Å². The van der Waals surface area contributed by atoms with Gasteiger partial charge in [0.05, 0.1) is 11.1 Å². The summed E-state index contributed by atoms with van der Waals surface area (Å²) in [6.07, 6.45) is -0.256. The van der Waals surface area contributed by atoms with E-state index in [1.807, 2.05) is 0 Å². The molecule has 0 N–H and O–H groups in total. The minimum Gasteiger partial charge on any atom is -0.339 e. The van der Waals surface area contributed by atoms with Gasteiger partial charge in [0, 0.05) is 30.9 Å². The summed E-state index contributed by atoms with van der Waals surface area (Å²) in [7, 11) is 0. The van der Waals surface area contributed by atoms with E-state index in [0.717, 1.165) is 12.8 Å². The lowest BCUT2D eigenvalue weighted by Gasteiger charge is -2.18. The molecule has 3 rings (SSSR count). The standard InChI is InChI=1S/C14H12F3N3O/c15-14(16,17)12-10(13(21)20-5-1-2-6-20)7-9-8-18-4-3-11(9)19-12/h3-4,7-8H,1-2,5-6H2. The summed E-state index contributed by atoms with van der Waals surface area (Å²) in [6, 6.07) is 2.63. The normalized spacial score (nSPS) is 15.7. The molecule has 1 aliphatic heterocycles. The van der Waals surface area contributed by atoms with Gasteiger partial charge in [-0.15, -0.1) is 0 Å². The van der Waals surface area contributed by atoms with Crippen LogP contribution in [0.2, 0.25) is 0 Å². The molecule has 0 atom stereocenters. The number of hydrogen-bond donors (Lipinski definition) is 0. The molecule has 2 aromatic rings. The molecule has 21 heavy (non-hydrogen) atoms. The van der Waals surface area contributed by atoms with Crippen LogP contribution in [0.15, 0.2) is 24.5 Å². The van der Waals surface area contributed by atoms with E-state index in [0.29, 0.717) is 18.5 Å². The first-order valence-electron chi connectivity index (χ1n) is 6.58. The Labute approximate surface area is 118 Å². The Kier molecular flexibility index (Phi) is 3.27. The minimum atomic E-state index is -4.66. The molecule has 3 heterocycles.